The molecule has 0 aliphatic carbocycles. The zero-order valence-corrected chi connectivity index (χ0v) is 18.7. The maximum absolute atomic E-state index is 13.4. The summed E-state index contributed by atoms with van der Waals surface area (Å²) in [7, 11) is 0. The number of carbonyl (C=O) groups is 1. The molecule has 2 aromatic heterocycles. The molecule has 2 saturated heterocycles. The third kappa shape index (κ3) is 4.79. The topological polar surface area (TPSA) is 74.7 Å². The van der Waals surface area contributed by atoms with Gasteiger partial charge in [0, 0.05) is 51.8 Å². The highest BCUT2D eigenvalue weighted by Crippen LogP contribution is 2.27. The van der Waals surface area contributed by atoms with E-state index in [1.165, 1.54) is 12.1 Å². The maximum Gasteiger partial charge on any atom is 0.219 e. The van der Waals surface area contributed by atoms with Crippen LogP contribution in [0, 0.1) is 5.82 Å². The third-order valence-electron chi connectivity index (χ3n) is 6.20. The van der Waals surface area contributed by atoms with Gasteiger partial charge in [0.05, 0.1) is 31.0 Å². The first-order valence-corrected chi connectivity index (χ1v) is 11.3. The quantitative estimate of drug-likeness (QED) is 0.604. The number of ether oxygens (including phenoxy) is 1. The summed E-state index contributed by atoms with van der Waals surface area (Å²) in [5.41, 5.74) is 3.13. The fourth-order valence-electron chi connectivity index (χ4n) is 4.31. The second kappa shape index (κ2) is 9.36. The fraction of sp³-hybridized carbons (Fsp3) is 0.417. The Bertz CT molecular complexity index is 1140. The van der Waals surface area contributed by atoms with E-state index in [1.807, 2.05) is 17.0 Å². The van der Waals surface area contributed by atoms with E-state index in [2.05, 4.69) is 9.80 Å². The van der Waals surface area contributed by atoms with Crippen LogP contribution in [0.25, 0.3) is 22.3 Å². The number of hydrogen-bond donors (Lipinski definition) is 0. The molecule has 5 rings (SSSR count). The molecule has 0 spiro atoms. The number of carbonyl (C=O) groups excluding carboxylic acids is 1. The van der Waals surface area contributed by atoms with Gasteiger partial charge >= 0.3 is 0 Å². The maximum atomic E-state index is 13.4. The van der Waals surface area contributed by atoms with Crippen molar-refractivity contribution in [1.82, 2.24) is 24.8 Å². The highest BCUT2D eigenvalue weighted by molar-refractivity contribution is 5.87. The summed E-state index contributed by atoms with van der Waals surface area (Å²) in [6.07, 6.45) is 0. The minimum Gasteiger partial charge on any atom is -0.378 e. The standard InChI is InChI=1S/C24H27FN6O2/c1-17(32)30-10-8-29(9-11-30)16-22-26-21-7-6-20(18-2-4-19(25)5-3-18)27-23(21)24(28-22)31-12-14-33-15-13-31/h2-7H,8-16H2,1H3. The predicted octanol–water partition coefficient (Wildman–Crippen LogP) is 2.33. The molecule has 8 nitrogen and oxygen atoms in total. The minimum absolute atomic E-state index is 0.120. The molecule has 1 amide bonds. The first kappa shape index (κ1) is 21.7. The Balaban J connectivity index is 1.47. The number of amides is 1. The Kier molecular flexibility index (Phi) is 6.15. The lowest BCUT2D eigenvalue weighted by Crippen LogP contribution is -2.47. The van der Waals surface area contributed by atoms with Gasteiger partial charge in [-0.15, -0.1) is 0 Å². The molecule has 2 fully saturated rings. The molecule has 0 radical (unpaired) electrons. The Morgan fingerprint density at radius 3 is 2.36 bits per heavy atom. The Morgan fingerprint density at radius 2 is 1.67 bits per heavy atom. The van der Waals surface area contributed by atoms with E-state index in [-0.39, 0.29) is 11.7 Å². The van der Waals surface area contributed by atoms with Crippen molar-refractivity contribution in [1.29, 1.82) is 0 Å². The summed E-state index contributed by atoms with van der Waals surface area (Å²) in [6, 6.07) is 10.2. The van der Waals surface area contributed by atoms with Gasteiger partial charge in [0.25, 0.3) is 0 Å². The smallest absolute Gasteiger partial charge is 0.219 e. The number of anilines is 1. The lowest BCUT2D eigenvalue weighted by atomic mass is 10.1. The monoisotopic (exact) mass is 450 g/mol. The molecule has 4 heterocycles. The molecular formula is C24H27FN6O2. The van der Waals surface area contributed by atoms with Crippen molar-refractivity contribution < 1.29 is 13.9 Å². The van der Waals surface area contributed by atoms with Crippen molar-refractivity contribution in [2.24, 2.45) is 0 Å². The first-order chi connectivity index (χ1) is 16.1. The molecule has 0 N–H and O–H groups in total. The highest BCUT2D eigenvalue weighted by atomic mass is 19.1. The molecule has 33 heavy (non-hydrogen) atoms. The van der Waals surface area contributed by atoms with Crippen LogP contribution in [0.3, 0.4) is 0 Å². The van der Waals surface area contributed by atoms with Gasteiger partial charge in [0.15, 0.2) is 5.82 Å². The van der Waals surface area contributed by atoms with Crippen LogP contribution in [0.4, 0.5) is 10.2 Å². The highest BCUT2D eigenvalue weighted by Gasteiger charge is 2.22. The van der Waals surface area contributed by atoms with E-state index >= 15 is 0 Å². The number of benzene rings is 1. The summed E-state index contributed by atoms with van der Waals surface area (Å²) in [5.74, 6) is 1.40. The van der Waals surface area contributed by atoms with Gasteiger partial charge in [0.1, 0.15) is 17.2 Å². The van der Waals surface area contributed by atoms with Gasteiger partial charge in [0.2, 0.25) is 5.91 Å². The number of nitrogens with zero attached hydrogens (tertiary/aromatic N) is 6. The van der Waals surface area contributed by atoms with E-state index in [9.17, 15) is 9.18 Å². The Labute approximate surface area is 192 Å². The largest absolute Gasteiger partial charge is 0.378 e. The SMILES string of the molecule is CC(=O)N1CCN(Cc2nc(N3CCOCC3)c3nc(-c4ccc(F)cc4)ccc3n2)CC1. The van der Waals surface area contributed by atoms with Crippen molar-refractivity contribution in [2.45, 2.75) is 13.5 Å². The number of halogens is 1. The van der Waals surface area contributed by atoms with Gasteiger partial charge in [-0.2, -0.15) is 0 Å². The molecular weight excluding hydrogens is 423 g/mol. The van der Waals surface area contributed by atoms with Crippen LogP contribution in [-0.4, -0.2) is 83.1 Å². The fourth-order valence-corrected chi connectivity index (χ4v) is 4.31. The second-order valence-corrected chi connectivity index (χ2v) is 8.42. The molecule has 0 saturated carbocycles. The average molecular weight is 451 g/mol. The van der Waals surface area contributed by atoms with Gasteiger partial charge in [-0.3, -0.25) is 9.69 Å². The van der Waals surface area contributed by atoms with Crippen LogP contribution in [0.5, 0.6) is 0 Å². The predicted molar refractivity (Wildman–Crippen MR) is 123 cm³/mol. The number of hydrogen-bond acceptors (Lipinski definition) is 7. The number of rotatable bonds is 4. The molecule has 3 aromatic rings. The van der Waals surface area contributed by atoms with Crippen LogP contribution in [0.1, 0.15) is 12.7 Å². The summed E-state index contributed by atoms with van der Waals surface area (Å²) in [6.45, 7) is 8.06. The van der Waals surface area contributed by atoms with E-state index < -0.39 is 0 Å². The first-order valence-electron chi connectivity index (χ1n) is 11.3. The van der Waals surface area contributed by atoms with E-state index in [1.54, 1.807) is 19.1 Å². The lowest BCUT2D eigenvalue weighted by molar-refractivity contribution is -0.130. The number of aromatic nitrogens is 3. The van der Waals surface area contributed by atoms with Gasteiger partial charge in [-0.25, -0.2) is 19.3 Å². The van der Waals surface area contributed by atoms with Crippen molar-refractivity contribution in [3.8, 4) is 11.3 Å². The zero-order chi connectivity index (χ0) is 22.8. The Morgan fingerprint density at radius 1 is 0.939 bits per heavy atom. The summed E-state index contributed by atoms with van der Waals surface area (Å²) >= 11 is 0. The summed E-state index contributed by atoms with van der Waals surface area (Å²) in [4.78, 5) is 32.6. The van der Waals surface area contributed by atoms with Crippen molar-refractivity contribution in [2.75, 3.05) is 57.4 Å². The summed E-state index contributed by atoms with van der Waals surface area (Å²) in [5, 5.41) is 0. The molecule has 9 heteroatoms. The summed E-state index contributed by atoms with van der Waals surface area (Å²) < 4.78 is 18.9. The van der Waals surface area contributed by atoms with Crippen molar-refractivity contribution in [3.63, 3.8) is 0 Å². The molecule has 0 atom stereocenters. The molecule has 2 aliphatic rings. The van der Waals surface area contributed by atoms with Crippen LogP contribution >= 0.6 is 0 Å². The van der Waals surface area contributed by atoms with E-state index in [0.29, 0.717) is 19.8 Å². The third-order valence-corrected chi connectivity index (χ3v) is 6.20. The average Bonchev–Trinajstić information content (AvgIpc) is 2.85. The van der Waals surface area contributed by atoms with Crippen LogP contribution in [0.15, 0.2) is 36.4 Å². The Hall–Kier alpha value is -3.17. The van der Waals surface area contributed by atoms with Crippen molar-refractivity contribution in [3.05, 3.63) is 48.0 Å². The van der Waals surface area contributed by atoms with Gasteiger partial charge in [-0.05, 0) is 36.4 Å². The molecule has 0 bridgehead atoms. The molecule has 1 aromatic carbocycles. The molecule has 172 valence electrons. The van der Waals surface area contributed by atoms with Crippen molar-refractivity contribution >= 4 is 22.8 Å². The molecule has 2 aliphatic heterocycles. The van der Waals surface area contributed by atoms with Crippen LogP contribution in [-0.2, 0) is 16.1 Å². The van der Waals surface area contributed by atoms with Crippen LogP contribution < -0.4 is 4.90 Å². The van der Waals surface area contributed by atoms with E-state index in [4.69, 9.17) is 19.7 Å². The second-order valence-electron chi connectivity index (χ2n) is 8.42. The lowest BCUT2D eigenvalue weighted by Gasteiger charge is -2.34. The molecule has 0 unspecified atom stereocenters. The number of morpholine rings is 1. The van der Waals surface area contributed by atoms with Gasteiger partial charge < -0.3 is 14.5 Å². The number of fused-ring (bicyclic) bond motifs is 1. The normalized spacial score (nSPS) is 17.5. The zero-order valence-electron chi connectivity index (χ0n) is 18.7. The minimum atomic E-state index is -0.273. The van der Waals surface area contributed by atoms with Crippen LogP contribution in [0.2, 0.25) is 0 Å². The number of pyridine rings is 1. The van der Waals surface area contributed by atoms with Gasteiger partial charge in [-0.1, -0.05) is 0 Å². The van der Waals surface area contributed by atoms with E-state index in [0.717, 1.165) is 73.2 Å². The number of piperazine rings is 1.